The molecule has 1 aromatic heterocycles. The molecule has 0 radical (unpaired) electrons. The Kier molecular flexibility index (Phi) is 4.70. The van der Waals surface area contributed by atoms with Crippen LogP contribution in [0, 0.1) is 19.7 Å². The Balaban J connectivity index is 2.15. The minimum absolute atomic E-state index is 0.0439. The molecule has 0 aliphatic heterocycles. The summed E-state index contributed by atoms with van der Waals surface area (Å²) in [5.74, 6) is -1.36. The molecule has 3 nitrogen and oxygen atoms in total. The number of benzene rings is 2. The fraction of sp³-hybridized carbons (Fsp3) is 0.190. The standard InChI is InChI=1S/C21H20FNO2/c1-14-3-10-19(15(2)13-14)23-18(9-12-21(24)25)8-11-20(23)16-4-6-17(22)7-5-16/h3-8,10-11,13H,9,12H2,1-2H3,(H,24,25)/p-1. The van der Waals surface area contributed by atoms with Gasteiger partial charge in [0.15, 0.2) is 0 Å². The SMILES string of the molecule is Cc1ccc(-n2c(CCC(=O)[O-])ccc2-c2ccc(F)cc2)c(C)c1. The zero-order valence-corrected chi connectivity index (χ0v) is 14.3. The van der Waals surface area contributed by atoms with E-state index < -0.39 is 5.97 Å². The van der Waals surface area contributed by atoms with Crippen LogP contribution in [-0.2, 0) is 11.2 Å². The summed E-state index contributed by atoms with van der Waals surface area (Å²) in [6.07, 6.45) is 0.328. The molecule has 128 valence electrons. The number of hydrogen-bond donors (Lipinski definition) is 0. The smallest absolute Gasteiger partial charge is 0.123 e. The Morgan fingerprint density at radius 1 is 1.04 bits per heavy atom. The van der Waals surface area contributed by atoms with E-state index in [0.717, 1.165) is 33.8 Å². The summed E-state index contributed by atoms with van der Waals surface area (Å²) in [5, 5.41) is 10.9. The van der Waals surface area contributed by atoms with Gasteiger partial charge in [-0.05, 0) is 80.3 Å². The van der Waals surface area contributed by atoms with Crippen LogP contribution in [0.2, 0.25) is 0 Å². The van der Waals surface area contributed by atoms with Crippen molar-refractivity contribution in [2.24, 2.45) is 0 Å². The number of carboxylic acid groups (broad SMARTS) is 1. The summed E-state index contributed by atoms with van der Waals surface area (Å²) < 4.78 is 15.3. The predicted octanol–water partition coefficient (Wildman–Crippen LogP) is 3.58. The van der Waals surface area contributed by atoms with Crippen LogP contribution in [0.3, 0.4) is 0 Å². The zero-order valence-electron chi connectivity index (χ0n) is 14.3. The quantitative estimate of drug-likeness (QED) is 0.715. The summed E-state index contributed by atoms with van der Waals surface area (Å²) in [4.78, 5) is 10.9. The number of halogens is 1. The van der Waals surface area contributed by atoms with Crippen molar-refractivity contribution in [2.45, 2.75) is 26.7 Å². The molecule has 0 aliphatic rings. The second-order valence-electron chi connectivity index (χ2n) is 6.21. The molecule has 25 heavy (non-hydrogen) atoms. The van der Waals surface area contributed by atoms with Crippen molar-refractivity contribution in [3.8, 4) is 16.9 Å². The molecule has 3 rings (SSSR count). The third kappa shape index (κ3) is 3.63. The molecule has 2 aromatic carbocycles. The minimum Gasteiger partial charge on any atom is -0.550 e. The molecule has 0 N–H and O–H groups in total. The molecular formula is C21H19FNO2-. The molecule has 0 spiro atoms. The second-order valence-corrected chi connectivity index (χ2v) is 6.21. The van der Waals surface area contributed by atoms with Gasteiger partial charge in [-0.2, -0.15) is 0 Å². The molecule has 4 heteroatoms. The first-order chi connectivity index (χ1) is 12.0. The van der Waals surface area contributed by atoms with Gasteiger partial charge in [-0.3, -0.25) is 0 Å². The van der Waals surface area contributed by atoms with Crippen LogP contribution >= 0.6 is 0 Å². The maximum atomic E-state index is 13.3. The fourth-order valence-corrected chi connectivity index (χ4v) is 3.09. The predicted molar refractivity (Wildman–Crippen MR) is 94.0 cm³/mol. The third-order valence-corrected chi connectivity index (χ3v) is 4.28. The molecule has 0 amide bonds. The molecule has 0 saturated heterocycles. The number of hydrogen-bond acceptors (Lipinski definition) is 2. The largest absolute Gasteiger partial charge is 0.550 e. The van der Waals surface area contributed by atoms with Gasteiger partial charge in [-0.15, -0.1) is 0 Å². The molecule has 0 unspecified atom stereocenters. The Hall–Kier alpha value is -2.88. The Morgan fingerprint density at radius 2 is 1.76 bits per heavy atom. The molecule has 0 saturated carbocycles. The van der Waals surface area contributed by atoms with Crippen molar-refractivity contribution in [3.05, 3.63) is 77.2 Å². The zero-order chi connectivity index (χ0) is 18.0. The molecular weight excluding hydrogens is 317 g/mol. The first-order valence-corrected chi connectivity index (χ1v) is 8.20. The van der Waals surface area contributed by atoms with Crippen molar-refractivity contribution in [1.82, 2.24) is 4.57 Å². The van der Waals surface area contributed by atoms with Crippen LogP contribution in [0.1, 0.15) is 23.2 Å². The third-order valence-electron chi connectivity index (χ3n) is 4.28. The van der Waals surface area contributed by atoms with Gasteiger partial charge in [-0.1, -0.05) is 17.7 Å². The van der Waals surface area contributed by atoms with Crippen LogP contribution in [0.15, 0.2) is 54.6 Å². The van der Waals surface area contributed by atoms with E-state index in [1.807, 2.05) is 42.7 Å². The van der Waals surface area contributed by atoms with Crippen LogP contribution in [0.5, 0.6) is 0 Å². The Morgan fingerprint density at radius 3 is 2.40 bits per heavy atom. The average molecular weight is 336 g/mol. The number of aromatic nitrogens is 1. The lowest BCUT2D eigenvalue weighted by atomic mass is 10.1. The highest BCUT2D eigenvalue weighted by atomic mass is 19.1. The van der Waals surface area contributed by atoms with E-state index in [1.165, 1.54) is 12.1 Å². The number of aliphatic carboxylic acids is 1. The molecule has 3 aromatic rings. The van der Waals surface area contributed by atoms with E-state index >= 15 is 0 Å². The van der Waals surface area contributed by atoms with Gasteiger partial charge in [0.25, 0.3) is 0 Å². The van der Waals surface area contributed by atoms with Gasteiger partial charge in [-0.25, -0.2) is 4.39 Å². The highest BCUT2D eigenvalue weighted by Gasteiger charge is 2.14. The molecule has 0 atom stereocenters. The molecule has 0 fully saturated rings. The van der Waals surface area contributed by atoms with Crippen molar-refractivity contribution < 1.29 is 14.3 Å². The van der Waals surface area contributed by atoms with Crippen LogP contribution < -0.4 is 5.11 Å². The Labute approximate surface area is 146 Å². The number of nitrogens with zero attached hydrogens (tertiary/aromatic N) is 1. The van der Waals surface area contributed by atoms with Crippen molar-refractivity contribution >= 4 is 5.97 Å². The van der Waals surface area contributed by atoms with Gasteiger partial charge in [0.05, 0.1) is 5.69 Å². The minimum atomic E-state index is -1.07. The summed E-state index contributed by atoms with van der Waals surface area (Å²) in [6.45, 7) is 4.06. The van der Waals surface area contributed by atoms with Crippen LogP contribution in [-0.4, -0.2) is 10.5 Å². The van der Waals surface area contributed by atoms with Gasteiger partial charge in [0.1, 0.15) is 5.82 Å². The van der Waals surface area contributed by atoms with Crippen LogP contribution in [0.4, 0.5) is 4.39 Å². The van der Waals surface area contributed by atoms with Crippen molar-refractivity contribution in [3.63, 3.8) is 0 Å². The van der Waals surface area contributed by atoms with E-state index in [9.17, 15) is 14.3 Å². The number of carboxylic acids is 1. The van der Waals surface area contributed by atoms with E-state index in [1.54, 1.807) is 12.1 Å². The summed E-state index contributed by atoms with van der Waals surface area (Å²) in [5.41, 5.74) is 5.91. The van der Waals surface area contributed by atoms with Crippen molar-refractivity contribution in [1.29, 1.82) is 0 Å². The van der Waals surface area contributed by atoms with E-state index in [-0.39, 0.29) is 12.2 Å². The maximum absolute atomic E-state index is 13.3. The van der Waals surface area contributed by atoms with Gasteiger partial charge >= 0.3 is 0 Å². The lowest BCUT2D eigenvalue weighted by Gasteiger charge is -2.17. The number of rotatable bonds is 5. The number of aryl methyl sites for hydroxylation is 3. The van der Waals surface area contributed by atoms with E-state index in [0.29, 0.717) is 6.42 Å². The van der Waals surface area contributed by atoms with E-state index in [4.69, 9.17) is 0 Å². The highest BCUT2D eigenvalue weighted by molar-refractivity contribution is 5.67. The second kappa shape index (κ2) is 6.93. The van der Waals surface area contributed by atoms with Crippen molar-refractivity contribution in [2.75, 3.05) is 0 Å². The fourth-order valence-electron chi connectivity index (χ4n) is 3.09. The topological polar surface area (TPSA) is 45.1 Å². The first-order valence-electron chi connectivity index (χ1n) is 8.20. The summed E-state index contributed by atoms with van der Waals surface area (Å²) in [6, 6.07) is 16.3. The monoisotopic (exact) mass is 336 g/mol. The Bertz CT molecular complexity index is 910. The van der Waals surface area contributed by atoms with Crippen LogP contribution in [0.25, 0.3) is 16.9 Å². The molecule has 1 heterocycles. The normalized spacial score (nSPS) is 10.8. The van der Waals surface area contributed by atoms with Gasteiger partial charge in [0, 0.05) is 17.4 Å². The highest BCUT2D eigenvalue weighted by Crippen LogP contribution is 2.29. The number of carbonyl (C=O) groups is 1. The lowest BCUT2D eigenvalue weighted by molar-refractivity contribution is -0.305. The summed E-state index contributed by atoms with van der Waals surface area (Å²) in [7, 11) is 0. The maximum Gasteiger partial charge on any atom is 0.123 e. The lowest BCUT2D eigenvalue weighted by Crippen LogP contribution is -2.22. The van der Waals surface area contributed by atoms with Gasteiger partial charge in [0.2, 0.25) is 0 Å². The van der Waals surface area contributed by atoms with Gasteiger partial charge < -0.3 is 14.5 Å². The summed E-state index contributed by atoms with van der Waals surface area (Å²) >= 11 is 0. The van der Waals surface area contributed by atoms with E-state index in [2.05, 4.69) is 6.07 Å². The molecule has 0 bridgehead atoms. The first kappa shape index (κ1) is 17.0. The molecule has 0 aliphatic carbocycles. The number of carbonyl (C=O) groups excluding carboxylic acids is 1. The average Bonchev–Trinajstić information content (AvgIpc) is 2.97.